The average Bonchev–Trinajstić information content (AvgIpc) is 3.09. The van der Waals surface area contributed by atoms with Crippen molar-refractivity contribution in [1.29, 1.82) is 0 Å². The van der Waals surface area contributed by atoms with Crippen LogP contribution in [0, 0.1) is 5.92 Å². The second-order valence-corrected chi connectivity index (χ2v) is 4.27. The van der Waals surface area contributed by atoms with Gasteiger partial charge < -0.3 is 5.73 Å². The molecule has 0 spiro atoms. The maximum atomic E-state index is 12.3. The lowest BCUT2D eigenvalue weighted by molar-refractivity contribution is -0.141. The Kier molecular flexibility index (Phi) is 3.09. The number of aromatic nitrogens is 1. The Bertz CT molecular complexity index is 416. The Morgan fingerprint density at radius 2 is 2.12 bits per heavy atom. The summed E-state index contributed by atoms with van der Waals surface area (Å²) in [7, 11) is 0. The van der Waals surface area contributed by atoms with E-state index in [1.54, 1.807) is 0 Å². The third-order valence-corrected chi connectivity index (χ3v) is 2.83. The van der Waals surface area contributed by atoms with Crippen molar-refractivity contribution in [3.05, 3.63) is 35.8 Å². The van der Waals surface area contributed by atoms with Gasteiger partial charge in [-0.3, -0.25) is 4.98 Å². The highest BCUT2D eigenvalue weighted by Gasteiger charge is 2.32. The van der Waals surface area contributed by atoms with E-state index >= 15 is 0 Å². The quantitative estimate of drug-likeness (QED) is 0.884. The lowest BCUT2D eigenvalue weighted by Gasteiger charge is -2.08. The summed E-state index contributed by atoms with van der Waals surface area (Å²) in [5.74, 6) is 0.632. The normalized spacial score (nSPS) is 17.2. The molecule has 0 bridgehead atoms. The Labute approximate surface area is 97.3 Å². The van der Waals surface area contributed by atoms with E-state index in [4.69, 9.17) is 5.73 Å². The number of alkyl halides is 3. The van der Waals surface area contributed by atoms with Gasteiger partial charge in [0.15, 0.2) is 0 Å². The molecule has 5 heteroatoms. The predicted molar refractivity (Wildman–Crippen MR) is 58.7 cm³/mol. The summed E-state index contributed by atoms with van der Waals surface area (Å²) in [6, 6.07) is 2.42. The number of hydrogen-bond donors (Lipinski definition) is 1. The van der Waals surface area contributed by atoms with Crippen LogP contribution in [0.2, 0.25) is 0 Å². The van der Waals surface area contributed by atoms with Crippen molar-refractivity contribution in [2.24, 2.45) is 11.7 Å². The van der Waals surface area contributed by atoms with Gasteiger partial charge >= 0.3 is 6.18 Å². The highest BCUT2D eigenvalue weighted by Crippen LogP contribution is 2.38. The van der Waals surface area contributed by atoms with E-state index in [1.807, 2.05) is 0 Å². The van der Waals surface area contributed by atoms with Crippen LogP contribution in [-0.4, -0.2) is 4.98 Å². The minimum Gasteiger partial charge on any atom is -0.404 e. The summed E-state index contributed by atoms with van der Waals surface area (Å²) in [6.45, 7) is 0. The zero-order valence-electron chi connectivity index (χ0n) is 9.17. The minimum atomic E-state index is -4.39. The number of nitrogens with two attached hydrogens (primary N) is 1. The highest BCUT2D eigenvalue weighted by molar-refractivity contribution is 5.64. The van der Waals surface area contributed by atoms with E-state index in [9.17, 15) is 13.2 Å². The fraction of sp³-hybridized carbons (Fsp3) is 0.417. The van der Waals surface area contributed by atoms with Gasteiger partial charge in [0, 0.05) is 6.20 Å². The molecule has 0 amide bonds. The van der Waals surface area contributed by atoms with Gasteiger partial charge in [0.05, 0.1) is 0 Å². The molecule has 0 aliphatic heterocycles. The Hall–Kier alpha value is -1.52. The van der Waals surface area contributed by atoms with Crippen LogP contribution < -0.4 is 5.73 Å². The third kappa shape index (κ3) is 2.99. The van der Waals surface area contributed by atoms with Crippen LogP contribution >= 0.6 is 0 Å². The van der Waals surface area contributed by atoms with Crippen molar-refractivity contribution >= 4 is 5.57 Å². The molecule has 92 valence electrons. The molecule has 0 unspecified atom stereocenters. The van der Waals surface area contributed by atoms with Crippen molar-refractivity contribution < 1.29 is 13.2 Å². The molecule has 1 aliphatic rings. The summed E-state index contributed by atoms with van der Waals surface area (Å²) in [5, 5.41) is 0. The maximum Gasteiger partial charge on any atom is 0.433 e. The summed E-state index contributed by atoms with van der Waals surface area (Å²) in [5.41, 5.74) is 6.16. The lowest BCUT2D eigenvalue weighted by atomic mass is 10.0. The molecule has 17 heavy (non-hydrogen) atoms. The Morgan fingerprint density at radius 3 is 2.53 bits per heavy atom. The molecule has 1 saturated carbocycles. The van der Waals surface area contributed by atoms with E-state index in [0.717, 1.165) is 18.1 Å². The molecule has 1 aromatic rings. The molecule has 2 rings (SSSR count). The van der Waals surface area contributed by atoms with Gasteiger partial charge in [-0.2, -0.15) is 13.2 Å². The fourth-order valence-corrected chi connectivity index (χ4v) is 1.67. The molecule has 0 aromatic carbocycles. The van der Waals surface area contributed by atoms with Crippen LogP contribution in [0.3, 0.4) is 0 Å². The van der Waals surface area contributed by atoms with Gasteiger partial charge in [0.2, 0.25) is 0 Å². The van der Waals surface area contributed by atoms with Crippen LogP contribution in [0.25, 0.3) is 5.57 Å². The first kappa shape index (κ1) is 12.0. The first-order valence-corrected chi connectivity index (χ1v) is 5.45. The first-order chi connectivity index (χ1) is 8.00. The standard InChI is InChI=1S/C12H13F3N2/c13-12(14,15)11-4-3-9(7-17-11)10(6-16)5-8-1-2-8/h3-4,6-8H,1-2,5,16H2. The van der Waals surface area contributed by atoms with E-state index in [2.05, 4.69) is 4.98 Å². The average molecular weight is 242 g/mol. The number of allylic oxidation sites excluding steroid dienone is 1. The molecule has 0 saturated heterocycles. The molecule has 2 N–H and O–H groups in total. The van der Waals surface area contributed by atoms with Crippen LogP contribution in [0.4, 0.5) is 13.2 Å². The molecule has 0 radical (unpaired) electrons. The molecule has 1 fully saturated rings. The van der Waals surface area contributed by atoms with E-state index < -0.39 is 11.9 Å². The molecule has 1 aliphatic carbocycles. The summed E-state index contributed by atoms with van der Waals surface area (Å²) in [6.07, 6.45) is 1.48. The minimum absolute atomic E-state index is 0.632. The van der Waals surface area contributed by atoms with Crippen LogP contribution in [0.5, 0.6) is 0 Å². The molecule has 2 nitrogen and oxygen atoms in total. The van der Waals surface area contributed by atoms with Gasteiger partial charge in [-0.1, -0.05) is 6.07 Å². The second kappa shape index (κ2) is 4.39. The summed E-state index contributed by atoms with van der Waals surface area (Å²) < 4.78 is 37.0. The van der Waals surface area contributed by atoms with Crippen molar-refractivity contribution in [2.45, 2.75) is 25.4 Å². The van der Waals surface area contributed by atoms with Crippen molar-refractivity contribution in [3.63, 3.8) is 0 Å². The molecule has 0 atom stereocenters. The van der Waals surface area contributed by atoms with Crippen LogP contribution in [0.1, 0.15) is 30.5 Å². The largest absolute Gasteiger partial charge is 0.433 e. The molecule has 1 heterocycles. The van der Waals surface area contributed by atoms with Crippen LogP contribution in [0.15, 0.2) is 24.5 Å². The third-order valence-electron chi connectivity index (χ3n) is 2.83. The Balaban J connectivity index is 2.15. The monoisotopic (exact) mass is 242 g/mol. The van der Waals surface area contributed by atoms with Crippen molar-refractivity contribution in [3.8, 4) is 0 Å². The van der Waals surface area contributed by atoms with Gasteiger partial charge in [0.25, 0.3) is 0 Å². The number of rotatable bonds is 3. The van der Waals surface area contributed by atoms with Crippen molar-refractivity contribution in [2.75, 3.05) is 0 Å². The number of hydrogen-bond acceptors (Lipinski definition) is 2. The lowest BCUT2D eigenvalue weighted by Crippen LogP contribution is -2.07. The predicted octanol–water partition coefficient (Wildman–Crippen LogP) is 3.20. The van der Waals surface area contributed by atoms with Gasteiger partial charge in [0.1, 0.15) is 5.69 Å². The Morgan fingerprint density at radius 1 is 1.41 bits per heavy atom. The smallest absolute Gasteiger partial charge is 0.404 e. The van der Waals surface area contributed by atoms with Gasteiger partial charge in [-0.05, 0) is 48.6 Å². The topological polar surface area (TPSA) is 38.9 Å². The van der Waals surface area contributed by atoms with E-state index in [0.29, 0.717) is 11.5 Å². The van der Waals surface area contributed by atoms with Gasteiger partial charge in [-0.25, -0.2) is 0 Å². The number of pyridine rings is 1. The zero-order chi connectivity index (χ0) is 12.5. The summed E-state index contributed by atoms with van der Waals surface area (Å²) >= 11 is 0. The maximum absolute atomic E-state index is 12.3. The molecular formula is C12H13F3N2. The number of nitrogens with zero attached hydrogens (tertiary/aromatic N) is 1. The molecular weight excluding hydrogens is 229 g/mol. The van der Waals surface area contributed by atoms with Gasteiger partial charge in [-0.15, -0.1) is 0 Å². The fourth-order valence-electron chi connectivity index (χ4n) is 1.67. The zero-order valence-corrected chi connectivity index (χ0v) is 9.17. The van der Waals surface area contributed by atoms with Crippen molar-refractivity contribution in [1.82, 2.24) is 4.98 Å². The second-order valence-electron chi connectivity index (χ2n) is 4.27. The van der Waals surface area contributed by atoms with E-state index in [1.165, 1.54) is 31.3 Å². The first-order valence-electron chi connectivity index (χ1n) is 5.45. The van der Waals surface area contributed by atoms with E-state index in [-0.39, 0.29) is 0 Å². The highest BCUT2D eigenvalue weighted by atomic mass is 19.4. The number of halogens is 3. The summed E-state index contributed by atoms with van der Waals surface area (Å²) in [4.78, 5) is 3.43. The SMILES string of the molecule is NC=C(CC1CC1)c1ccc(C(F)(F)F)nc1. The van der Waals surface area contributed by atoms with Crippen LogP contribution in [-0.2, 0) is 6.18 Å². The molecule has 1 aromatic heterocycles.